The molecule has 2 aromatic carbocycles. The third kappa shape index (κ3) is 5.23. The van der Waals surface area contributed by atoms with E-state index in [0.717, 1.165) is 79.0 Å². The first-order chi connectivity index (χ1) is 17.5. The summed E-state index contributed by atoms with van der Waals surface area (Å²) in [4.78, 5) is 27.0. The summed E-state index contributed by atoms with van der Waals surface area (Å²) in [5.41, 5.74) is 5.82. The maximum absolute atomic E-state index is 13.4. The highest BCUT2D eigenvalue weighted by Gasteiger charge is 2.25. The standard InChI is InChI=1S/C28H32N6OS/c1-21-7-8-23(19-31-9-11-32(12-10-31)26-6-4-3-5-24(26)18-29)17-25(21)27(35)33-13-15-34(16-14-33)28-30-22(2)20-36-28/h3-8,17,20H,9-16,19H2,1-2H3. The minimum Gasteiger partial charge on any atom is -0.368 e. The Morgan fingerprint density at radius 1 is 0.972 bits per heavy atom. The van der Waals surface area contributed by atoms with Gasteiger partial charge in [0.2, 0.25) is 0 Å². The molecule has 3 heterocycles. The highest BCUT2D eigenvalue weighted by molar-refractivity contribution is 7.13. The van der Waals surface area contributed by atoms with Crippen LogP contribution in [0.15, 0.2) is 47.8 Å². The van der Waals surface area contributed by atoms with E-state index in [1.165, 1.54) is 5.56 Å². The van der Waals surface area contributed by atoms with Crippen LogP contribution < -0.4 is 9.80 Å². The molecule has 2 fully saturated rings. The van der Waals surface area contributed by atoms with E-state index in [1.54, 1.807) is 11.3 Å². The lowest BCUT2D eigenvalue weighted by Crippen LogP contribution is -2.49. The number of thiazole rings is 1. The fourth-order valence-corrected chi connectivity index (χ4v) is 5.86. The van der Waals surface area contributed by atoms with Crippen molar-refractivity contribution in [1.29, 1.82) is 5.26 Å². The zero-order valence-electron chi connectivity index (χ0n) is 21.0. The lowest BCUT2D eigenvalue weighted by molar-refractivity contribution is 0.0746. The average Bonchev–Trinajstić information content (AvgIpc) is 3.36. The highest BCUT2D eigenvalue weighted by atomic mass is 32.1. The molecule has 0 bridgehead atoms. The van der Waals surface area contributed by atoms with Crippen molar-refractivity contribution < 1.29 is 4.79 Å². The molecule has 2 aliphatic heterocycles. The first kappa shape index (κ1) is 24.3. The number of aryl methyl sites for hydroxylation is 2. The number of para-hydroxylation sites is 1. The molecule has 0 spiro atoms. The van der Waals surface area contributed by atoms with Crippen LogP contribution in [0.4, 0.5) is 10.8 Å². The van der Waals surface area contributed by atoms with Crippen LogP contribution in [0.5, 0.6) is 0 Å². The van der Waals surface area contributed by atoms with Crippen LogP contribution in [0, 0.1) is 25.2 Å². The third-order valence-corrected chi connectivity index (χ3v) is 8.14. The molecule has 2 aliphatic rings. The van der Waals surface area contributed by atoms with Gasteiger partial charge in [-0.15, -0.1) is 11.3 Å². The van der Waals surface area contributed by atoms with Gasteiger partial charge < -0.3 is 14.7 Å². The molecule has 0 saturated carbocycles. The van der Waals surface area contributed by atoms with E-state index >= 15 is 0 Å². The molecule has 0 N–H and O–H groups in total. The summed E-state index contributed by atoms with van der Waals surface area (Å²) in [5, 5.41) is 12.6. The molecule has 0 atom stereocenters. The first-order valence-electron chi connectivity index (χ1n) is 12.5. The maximum atomic E-state index is 13.4. The van der Waals surface area contributed by atoms with Crippen LogP contribution in [-0.2, 0) is 6.54 Å². The van der Waals surface area contributed by atoms with Crippen LogP contribution in [0.1, 0.15) is 32.7 Å². The number of benzene rings is 2. The molecular formula is C28H32N6OS. The van der Waals surface area contributed by atoms with Gasteiger partial charge in [-0.05, 0) is 43.2 Å². The number of amides is 1. The number of carbonyl (C=O) groups is 1. The molecule has 36 heavy (non-hydrogen) atoms. The molecule has 7 nitrogen and oxygen atoms in total. The molecular weight excluding hydrogens is 468 g/mol. The van der Waals surface area contributed by atoms with Crippen molar-refractivity contribution in [3.63, 3.8) is 0 Å². The van der Waals surface area contributed by atoms with Gasteiger partial charge in [-0.3, -0.25) is 9.69 Å². The van der Waals surface area contributed by atoms with E-state index in [9.17, 15) is 10.1 Å². The predicted octanol–water partition coefficient (Wildman–Crippen LogP) is 3.92. The summed E-state index contributed by atoms with van der Waals surface area (Å²) in [6.07, 6.45) is 0. The Balaban J connectivity index is 1.19. The fourth-order valence-electron chi connectivity index (χ4n) is 5.00. The SMILES string of the molecule is Cc1csc(N2CCN(C(=O)c3cc(CN4CCN(c5ccccc5C#N)CC4)ccc3C)CC2)n1. The topological polar surface area (TPSA) is 66.7 Å². The number of piperazine rings is 2. The monoisotopic (exact) mass is 500 g/mol. The zero-order valence-corrected chi connectivity index (χ0v) is 21.8. The molecule has 186 valence electrons. The van der Waals surface area contributed by atoms with Gasteiger partial charge in [-0.2, -0.15) is 5.26 Å². The van der Waals surface area contributed by atoms with Gasteiger partial charge in [0.05, 0.1) is 16.9 Å². The number of nitrogens with zero attached hydrogens (tertiary/aromatic N) is 6. The van der Waals surface area contributed by atoms with Gasteiger partial charge in [-0.25, -0.2) is 4.98 Å². The van der Waals surface area contributed by atoms with Crippen molar-refractivity contribution in [2.75, 3.05) is 62.2 Å². The Morgan fingerprint density at radius 2 is 1.69 bits per heavy atom. The van der Waals surface area contributed by atoms with E-state index in [0.29, 0.717) is 13.1 Å². The number of carbonyl (C=O) groups excluding carboxylic acids is 1. The predicted molar refractivity (Wildman–Crippen MR) is 145 cm³/mol. The van der Waals surface area contributed by atoms with Crippen molar-refractivity contribution in [2.24, 2.45) is 0 Å². The third-order valence-electron chi connectivity index (χ3n) is 7.12. The minimum atomic E-state index is 0.127. The van der Waals surface area contributed by atoms with E-state index in [1.807, 2.05) is 43.0 Å². The zero-order chi connectivity index (χ0) is 25.1. The van der Waals surface area contributed by atoms with Crippen molar-refractivity contribution in [2.45, 2.75) is 20.4 Å². The van der Waals surface area contributed by atoms with Crippen LogP contribution in [0.2, 0.25) is 0 Å². The summed E-state index contributed by atoms with van der Waals surface area (Å²) in [7, 11) is 0. The van der Waals surface area contributed by atoms with Crippen LogP contribution in [0.3, 0.4) is 0 Å². The Kier molecular flexibility index (Phi) is 7.21. The smallest absolute Gasteiger partial charge is 0.254 e. The van der Waals surface area contributed by atoms with Gasteiger partial charge in [0.25, 0.3) is 5.91 Å². The molecule has 2 saturated heterocycles. The average molecular weight is 501 g/mol. The number of hydrogen-bond acceptors (Lipinski definition) is 7. The Hall–Kier alpha value is -3.41. The normalized spacial score (nSPS) is 16.8. The molecule has 0 unspecified atom stereocenters. The number of hydrogen-bond donors (Lipinski definition) is 0. The summed E-state index contributed by atoms with van der Waals surface area (Å²) >= 11 is 1.67. The summed E-state index contributed by atoms with van der Waals surface area (Å²) in [6.45, 7) is 11.6. The summed E-state index contributed by atoms with van der Waals surface area (Å²) < 4.78 is 0. The van der Waals surface area contributed by atoms with E-state index in [2.05, 4.69) is 49.3 Å². The lowest BCUT2D eigenvalue weighted by Gasteiger charge is -2.36. The van der Waals surface area contributed by atoms with Gasteiger partial charge in [0, 0.05) is 69.8 Å². The summed E-state index contributed by atoms with van der Waals surface area (Å²) in [5.74, 6) is 0.127. The molecule has 5 rings (SSSR count). The summed E-state index contributed by atoms with van der Waals surface area (Å²) in [6, 6.07) is 16.4. The van der Waals surface area contributed by atoms with Gasteiger partial charge >= 0.3 is 0 Å². The van der Waals surface area contributed by atoms with Crippen LogP contribution >= 0.6 is 11.3 Å². The van der Waals surface area contributed by atoms with E-state index in [-0.39, 0.29) is 5.91 Å². The second-order valence-electron chi connectivity index (χ2n) is 9.59. The maximum Gasteiger partial charge on any atom is 0.254 e. The van der Waals surface area contributed by atoms with Crippen LogP contribution in [0.25, 0.3) is 0 Å². The lowest BCUT2D eigenvalue weighted by atomic mass is 10.0. The second kappa shape index (κ2) is 10.7. The fraction of sp³-hybridized carbons (Fsp3) is 0.393. The second-order valence-corrected chi connectivity index (χ2v) is 10.4. The number of anilines is 2. The molecule has 1 aromatic heterocycles. The largest absolute Gasteiger partial charge is 0.368 e. The van der Waals surface area contributed by atoms with Crippen molar-refractivity contribution in [1.82, 2.24) is 14.8 Å². The molecule has 8 heteroatoms. The molecule has 1 amide bonds. The first-order valence-corrected chi connectivity index (χ1v) is 13.4. The Bertz CT molecular complexity index is 1270. The van der Waals surface area contributed by atoms with Gasteiger partial charge in [0.15, 0.2) is 5.13 Å². The Labute approximate surface area is 217 Å². The van der Waals surface area contributed by atoms with Gasteiger partial charge in [0.1, 0.15) is 6.07 Å². The quantitative estimate of drug-likeness (QED) is 0.529. The van der Waals surface area contributed by atoms with Crippen molar-refractivity contribution in [3.05, 3.63) is 75.8 Å². The van der Waals surface area contributed by atoms with Gasteiger partial charge in [-0.1, -0.05) is 24.3 Å². The number of nitriles is 1. The molecule has 3 aromatic rings. The van der Waals surface area contributed by atoms with Crippen molar-refractivity contribution >= 4 is 28.1 Å². The Morgan fingerprint density at radius 3 is 2.39 bits per heavy atom. The van der Waals surface area contributed by atoms with Crippen molar-refractivity contribution in [3.8, 4) is 6.07 Å². The number of rotatable bonds is 5. The van der Waals surface area contributed by atoms with E-state index < -0.39 is 0 Å². The van der Waals surface area contributed by atoms with E-state index in [4.69, 9.17) is 0 Å². The highest BCUT2D eigenvalue weighted by Crippen LogP contribution is 2.24. The molecule has 0 radical (unpaired) electrons. The number of aromatic nitrogens is 1. The van der Waals surface area contributed by atoms with Crippen LogP contribution in [-0.4, -0.2) is 73.0 Å². The molecule has 0 aliphatic carbocycles. The minimum absolute atomic E-state index is 0.127.